The van der Waals surface area contributed by atoms with Crippen LogP contribution in [0.2, 0.25) is 0 Å². The van der Waals surface area contributed by atoms with Gasteiger partial charge in [0.05, 0.1) is 0 Å². The van der Waals surface area contributed by atoms with Crippen LogP contribution in [0.3, 0.4) is 0 Å². The summed E-state index contributed by atoms with van der Waals surface area (Å²) in [6.07, 6.45) is -0.678. The van der Waals surface area contributed by atoms with Crippen molar-refractivity contribution in [1.82, 2.24) is 4.90 Å². The first kappa shape index (κ1) is 22.4. The second-order valence-electron chi connectivity index (χ2n) is 8.18. The van der Waals surface area contributed by atoms with Gasteiger partial charge in [0.2, 0.25) is 0 Å². The van der Waals surface area contributed by atoms with E-state index in [2.05, 4.69) is 40.1 Å². The van der Waals surface area contributed by atoms with Crippen molar-refractivity contribution in [3.8, 4) is 11.5 Å². The van der Waals surface area contributed by atoms with Crippen LogP contribution in [0.15, 0.2) is 54.6 Å². The monoisotopic (exact) mass is 413 g/mol. The third-order valence-corrected chi connectivity index (χ3v) is 5.63. The van der Waals surface area contributed by atoms with Gasteiger partial charge in [0.15, 0.2) is 0 Å². The lowest BCUT2D eigenvalue weighted by molar-refractivity contribution is 0.0715. The predicted molar refractivity (Wildman–Crippen MR) is 121 cm³/mol. The first-order valence-corrected chi connectivity index (χ1v) is 10.8. The van der Waals surface area contributed by atoms with Crippen LogP contribution in [0, 0.1) is 5.92 Å². The van der Waals surface area contributed by atoms with Crippen molar-refractivity contribution in [3.05, 3.63) is 54.6 Å². The minimum absolute atomic E-state index is 0.189. The number of ether oxygens (including phenoxy) is 2. The van der Waals surface area contributed by atoms with E-state index in [9.17, 15) is 5.11 Å². The molecule has 2 aromatic rings. The van der Waals surface area contributed by atoms with Gasteiger partial charge in [-0.2, -0.15) is 0 Å². The number of rotatable bonds is 10. The van der Waals surface area contributed by atoms with Gasteiger partial charge in [-0.05, 0) is 42.3 Å². The van der Waals surface area contributed by atoms with E-state index in [-0.39, 0.29) is 18.6 Å². The van der Waals surface area contributed by atoms with Crippen LogP contribution >= 0.6 is 0 Å². The summed E-state index contributed by atoms with van der Waals surface area (Å²) in [6, 6.07) is 17.8. The number of benzene rings is 2. The molecule has 1 fully saturated rings. The van der Waals surface area contributed by atoms with E-state index >= 15 is 0 Å². The zero-order valence-electron chi connectivity index (χ0n) is 18.1. The molecule has 2 atom stereocenters. The zero-order valence-corrected chi connectivity index (χ0v) is 18.1. The van der Waals surface area contributed by atoms with E-state index in [1.54, 1.807) is 0 Å². The number of hydrogen-bond donors (Lipinski definition) is 2. The average molecular weight is 414 g/mol. The van der Waals surface area contributed by atoms with Crippen molar-refractivity contribution >= 4 is 5.69 Å². The summed E-state index contributed by atoms with van der Waals surface area (Å²) in [5.74, 6) is 1.74. The largest absolute Gasteiger partial charge is 0.492 e. The molecule has 0 saturated carbocycles. The molecule has 2 aromatic carbocycles. The van der Waals surface area contributed by atoms with Crippen molar-refractivity contribution in [3.63, 3.8) is 0 Å². The molecule has 0 radical (unpaired) electrons. The number of para-hydroxylation sites is 1. The number of aliphatic hydroxyl groups is 1. The van der Waals surface area contributed by atoms with Gasteiger partial charge in [0, 0.05) is 44.5 Å². The average Bonchev–Trinajstić information content (AvgIpc) is 2.79. The topological polar surface area (TPSA) is 71.2 Å². The number of aliphatic hydroxyl groups excluding tert-OH is 1. The number of anilines is 1. The molecule has 0 aliphatic carbocycles. The molecule has 30 heavy (non-hydrogen) atoms. The molecule has 3 N–H and O–H groups in total. The lowest BCUT2D eigenvalue weighted by Crippen LogP contribution is -2.47. The van der Waals surface area contributed by atoms with Crippen LogP contribution in [0.5, 0.6) is 11.5 Å². The Hall–Kier alpha value is -2.28. The molecule has 1 aliphatic rings. The van der Waals surface area contributed by atoms with Gasteiger partial charge in [-0.25, -0.2) is 0 Å². The van der Waals surface area contributed by atoms with E-state index < -0.39 is 6.10 Å². The lowest BCUT2D eigenvalue weighted by Gasteiger charge is -2.36. The fraction of sp³-hybridized carbons (Fsp3) is 0.500. The van der Waals surface area contributed by atoms with Gasteiger partial charge >= 0.3 is 0 Å². The lowest BCUT2D eigenvalue weighted by atomic mass is 10.0. The Morgan fingerprint density at radius 3 is 2.10 bits per heavy atom. The summed E-state index contributed by atoms with van der Waals surface area (Å²) in [5.41, 5.74) is 7.25. The summed E-state index contributed by atoms with van der Waals surface area (Å²) in [5, 5.41) is 10.0. The summed E-state index contributed by atoms with van der Waals surface area (Å²) in [6.45, 7) is 9.93. The van der Waals surface area contributed by atoms with Gasteiger partial charge in [-0.3, -0.25) is 4.90 Å². The summed E-state index contributed by atoms with van der Waals surface area (Å²) in [7, 11) is 0. The summed E-state index contributed by atoms with van der Waals surface area (Å²) in [4.78, 5) is 4.87. The Labute approximate surface area is 180 Å². The Bertz CT molecular complexity index is 731. The molecule has 0 amide bonds. The van der Waals surface area contributed by atoms with Crippen LogP contribution in [0.4, 0.5) is 5.69 Å². The minimum atomic E-state index is -0.678. The van der Waals surface area contributed by atoms with E-state index in [1.165, 1.54) is 5.69 Å². The maximum Gasteiger partial charge on any atom is 0.119 e. The number of nitrogens with two attached hydrogens (primary N) is 1. The molecular weight excluding hydrogens is 378 g/mol. The summed E-state index contributed by atoms with van der Waals surface area (Å²) < 4.78 is 11.5. The van der Waals surface area contributed by atoms with Gasteiger partial charge in [-0.1, -0.05) is 32.0 Å². The molecular formula is C24H35N3O3. The molecule has 3 rings (SSSR count). The molecule has 0 bridgehead atoms. The standard InChI is InChI=1S/C24H35N3O3/c1-19(2)24(25)23(28)18-30-22-10-8-21(9-11-22)29-17-16-26-12-14-27(15-13-26)20-6-4-3-5-7-20/h3-11,19,23-24,28H,12-18,25H2,1-2H3/t23-,24?/m1/s1. The maximum absolute atomic E-state index is 10.0. The molecule has 1 saturated heterocycles. The fourth-order valence-corrected chi connectivity index (χ4v) is 3.53. The molecule has 1 heterocycles. The highest BCUT2D eigenvalue weighted by Gasteiger charge is 2.19. The SMILES string of the molecule is CC(C)C(N)[C@H](O)COc1ccc(OCCN2CCN(c3ccccc3)CC2)cc1. The maximum atomic E-state index is 10.0. The Morgan fingerprint density at radius 1 is 0.900 bits per heavy atom. The number of piperazine rings is 1. The second-order valence-corrected chi connectivity index (χ2v) is 8.18. The second kappa shape index (κ2) is 11.2. The van der Waals surface area contributed by atoms with Gasteiger partial charge in [-0.15, -0.1) is 0 Å². The van der Waals surface area contributed by atoms with Gasteiger partial charge < -0.3 is 25.2 Å². The molecule has 1 aliphatic heterocycles. The van der Waals surface area contributed by atoms with Crippen LogP contribution < -0.4 is 20.1 Å². The van der Waals surface area contributed by atoms with Crippen molar-refractivity contribution in [2.75, 3.05) is 50.8 Å². The van der Waals surface area contributed by atoms with Crippen LogP contribution in [-0.4, -0.2) is 68.1 Å². The third-order valence-electron chi connectivity index (χ3n) is 5.63. The summed E-state index contributed by atoms with van der Waals surface area (Å²) >= 11 is 0. The molecule has 0 spiro atoms. The minimum Gasteiger partial charge on any atom is -0.492 e. The normalized spacial score (nSPS) is 17.0. The Kier molecular flexibility index (Phi) is 8.37. The number of nitrogens with zero attached hydrogens (tertiary/aromatic N) is 2. The molecule has 0 aromatic heterocycles. The molecule has 1 unspecified atom stereocenters. The first-order valence-electron chi connectivity index (χ1n) is 10.8. The van der Waals surface area contributed by atoms with Crippen molar-refractivity contribution in [1.29, 1.82) is 0 Å². The van der Waals surface area contributed by atoms with E-state index in [4.69, 9.17) is 15.2 Å². The number of hydrogen-bond acceptors (Lipinski definition) is 6. The highest BCUT2D eigenvalue weighted by atomic mass is 16.5. The molecule has 164 valence electrons. The van der Waals surface area contributed by atoms with E-state index in [0.717, 1.165) is 38.5 Å². The Balaban J connectivity index is 1.34. The molecule has 6 heteroatoms. The fourth-order valence-electron chi connectivity index (χ4n) is 3.53. The van der Waals surface area contributed by atoms with Crippen molar-refractivity contribution in [2.45, 2.75) is 26.0 Å². The van der Waals surface area contributed by atoms with E-state index in [0.29, 0.717) is 12.4 Å². The smallest absolute Gasteiger partial charge is 0.119 e. The highest BCUT2D eigenvalue weighted by Crippen LogP contribution is 2.19. The highest BCUT2D eigenvalue weighted by molar-refractivity contribution is 5.46. The Morgan fingerprint density at radius 2 is 1.50 bits per heavy atom. The third kappa shape index (κ3) is 6.62. The van der Waals surface area contributed by atoms with Crippen LogP contribution in [0.1, 0.15) is 13.8 Å². The quantitative estimate of drug-likeness (QED) is 0.624. The predicted octanol–water partition coefficient (Wildman–Crippen LogP) is 2.61. The van der Waals surface area contributed by atoms with Gasteiger partial charge in [0.25, 0.3) is 0 Å². The van der Waals surface area contributed by atoms with Crippen LogP contribution in [0.25, 0.3) is 0 Å². The van der Waals surface area contributed by atoms with Crippen molar-refractivity contribution in [2.24, 2.45) is 11.7 Å². The van der Waals surface area contributed by atoms with Crippen LogP contribution in [-0.2, 0) is 0 Å². The molecule has 6 nitrogen and oxygen atoms in total. The van der Waals surface area contributed by atoms with E-state index in [1.807, 2.05) is 38.1 Å². The first-order chi connectivity index (χ1) is 14.5. The van der Waals surface area contributed by atoms with Crippen molar-refractivity contribution < 1.29 is 14.6 Å². The van der Waals surface area contributed by atoms with Gasteiger partial charge in [0.1, 0.15) is 30.8 Å². The zero-order chi connectivity index (χ0) is 21.3.